The molecule has 0 amide bonds. The molecule has 1 N–H and O–H groups in total. The zero-order chi connectivity index (χ0) is 10.5. The molecule has 0 saturated carbocycles. The molecule has 1 heteroatoms. The summed E-state index contributed by atoms with van der Waals surface area (Å²) in [6.07, 6.45) is 6.55. The van der Waals surface area contributed by atoms with Crippen LogP contribution in [0.3, 0.4) is 0 Å². The smallest absolute Gasteiger partial charge is 0.0322 e. The van der Waals surface area contributed by atoms with Gasteiger partial charge >= 0.3 is 0 Å². The third kappa shape index (κ3) is 2.60. The SMILES string of the molecule is CCc1ccccc1[C@H]1CCCCCN1. The van der Waals surface area contributed by atoms with Crippen LogP contribution in [0.2, 0.25) is 0 Å². The van der Waals surface area contributed by atoms with E-state index in [4.69, 9.17) is 0 Å². The van der Waals surface area contributed by atoms with Crippen molar-refractivity contribution in [1.29, 1.82) is 0 Å². The van der Waals surface area contributed by atoms with Crippen molar-refractivity contribution >= 4 is 0 Å². The Hall–Kier alpha value is -0.820. The highest BCUT2D eigenvalue weighted by molar-refractivity contribution is 5.30. The first-order chi connectivity index (χ1) is 7.42. The largest absolute Gasteiger partial charge is 0.310 e. The van der Waals surface area contributed by atoms with Gasteiger partial charge in [-0.15, -0.1) is 0 Å². The van der Waals surface area contributed by atoms with Crippen molar-refractivity contribution in [2.45, 2.75) is 45.1 Å². The molecule has 1 heterocycles. The summed E-state index contributed by atoms with van der Waals surface area (Å²) in [5.74, 6) is 0. The van der Waals surface area contributed by atoms with Gasteiger partial charge in [0.05, 0.1) is 0 Å². The van der Waals surface area contributed by atoms with Crippen LogP contribution in [0, 0.1) is 0 Å². The predicted octanol–water partition coefficient (Wildman–Crippen LogP) is 3.45. The molecule has 2 rings (SSSR count). The van der Waals surface area contributed by atoms with Crippen molar-refractivity contribution in [1.82, 2.24) is 5.32 Å². The lowest BCUT2D eigenvalue weighted by atomic mass is 9.96. The van der Waals surface area contributed by atoms with E-state index in [0.29, 0.717) is 6.04 Å². The summed E-state index contributed by atoms with van der Waals surface area (Å²) in [5.41, 5.74) is 3.04. The maximum atomic E-state index is 3.67. The van der Waals surface area contributed by atoms with Crippen LogP contribution in [0.1, 0.15) is 49.8 Å². The van der Waals surface area contributed by atoms with Crippen LogP contribution in [-0.4, -0.2) is 6.54 Å². The van der Waals surface area contributed by atoms with E-state index < -0.39 is 0 Å². The zero-order valence-corrected chi connectivity index (χ0v) is 9.63. The number of benzene rings is 1. The second-order valence-electron chi connectivity index (χ2n) is 4.41. The standard InChI is InChI=1S/C14H21N/c1-2-12-8-5-6-9-13(12)14-10-4-3-7-11-15-14/h5-6,8-9,14-15H,2-4,7,10-11H2,1H3/t14-/m1/s1. The fourth-order valence-electron chi connectivity index (χ4n) is 2.49. The van der Waals surface area contributed by atoms with E-state index in [-0.39, 0.29) is 0 Å². The van der Waals surface area contributed by atoms with Gasteiger partial charge in [0.1, 0.15) is 0 Å². The zero-order valence-electron chi connectivity index (χ0n) is 9.63. The average Bonchev–Trinajstić information content (AvgIpc) is 2.57. The molecule has 1 aliphatic rings. The van der Waals surface area contributed by atoms with Gasteiger partial charge in [0.25, 0.3) is 0 Å². The summed E-state index contributed by atoms with van der Waals surface area (Å²) < 4.78 is 0. The van der Waals surface area contributed by atoms with Gasteiger partial charge in [-0.25, -0.2) is 0 Å². The van der Waals surface area contributed by atoms with E-state index >= 15 is 0 Å². The third-order valence-electron chi connectivity index (χ3n) is 3.37. The molecule has 0 aliphatic carbocycles. The molecule has 0 bridgehead atoms. The molecule has 1 saturated heterocycles. The van der Waals surface area contributed by atoms with Crippen LogP contribution >= 0.6 is 0 Å². The number of hydrogen-bond donors (Lipinski definition) is 1. The fourth-order valence-corrected chi connectivity index (χ4v) is 2.49. The quantitative estimate of drug-likeness (QED) is 0.776. The average molecular weight is 203 g/mol. The van der Waals surface area contributed by atoms with Crippen LogP contribution in [0.4, 0.5) is 0 Å². The van der Waals surface area contributed by atoms with Crippen molar-refractivity contribution in [2.24, 2.45) is 0 Å². The maximum absolute atomic E-state index is 3.67. The van der Waals surface area contributed by atoms with Crippen LogP contribution in [0.5, 0.6) is 0 Å². The Morgan fingerprint density at radius 3 is 2.93 bits per heavy atom. The van der Waals surface area contributed by atoms with E-state index in [1.54, 1.807) is 0 Å². The second kappa shape index (κ2) is 5.32. The summed E-state index contributed by atoms with van der Waals surface area (Å²) >= 11 is 0. The van der Waals surface area contributed by atoms with Crippen LogP contribution in [0.25, 0.3) is 0 Å². The molecular weight excluding hydrogens is 182 g/mol. The van der Waals surface area contributed by atoms with E-state index in [1.807, 2.05) is 0 Å². The van der Waals surface area contributed by atoms with Gasteiger partial charge in [-0.1, -0.05) is 44.0 Å². The minimum Gasteiger partial charge on any atom is -0.310 e. The van der Waals surface area contributed by atoms with Crippen molar-refractivity contribution in [3.63, 3.8) is 0 Å². The minimum atomic E-state index is 0.601. The molecule has 0 aromatic heterocycles. The van der Waals surface area contributed by atoms with Crippen molar-refractivity contribution in [3.05, 3.63) is 35.4 Å². The lowest BCUT2D eigenvalue weighted by Crippen LogP contribution is -2.21. The van der Waals surface area contributed by atoms with E-state index in [9.17, 15) is 0 Å². The van der Waals surface area contributed by atoms with Crippen molar-refractivity contribution in [2.75, 3.05) is 6.54 Å². The highest BCUT2D eigenvalue weighted by Crippen LogP contribution is 2.25. The molecule has 82 valence electrons. The summed E-state index contributed by atoms with van der Waals surface area (Å²) in [6.45, 7) is 3.43. The monoisotopic (exact) mass is 203 g/mol. The molecule has 1 fully saturated rings. The van der Waals surface area contributed by atoms with Crippen LogP contribution in [-0.2, 0) is 6.42 Å². The molecule has 1 atom stereocenters. The van der Waals surface area contributed by atoms with Gasteiger partial charge < -0.3 is 5.32 Å². The third-order valence-corrected chi connectivity index (χ3v) is 3.37. The normalized spacial score (nSPS) is 22.3. The molecule has 1 aromatic rings. The highest BCUT2D eigenvalue weighted by atomic mass is 14.9. The first-order valence-corrected chi connectivity index (χ1v) is 6.23. The van der Waals surface area contributed by atoms with Gasteiger partial charge in [-0.2, -0.15) is 0 Å². The molecule has 1 aliphatic heterocycles. The number of hydrogen-bond acceptors (Lipinski definition) is 1. The highest BCUT2D eigenvalue weighted by Gasteiger charge is 2.15. The van der Waals surface area contributed by atoms with Crippen molar-refractivity contribution < 1.29 is 0 Å². The Labute approximate surface area is 92.9 Å². The molecule has 15 heavy (non-hydrogen) atoms. The minimum absolute atomic E-state index is 0.601. The van der Waals surface area contributed by atoms with E-state index in [1.165, 1.54) is 43.4 Å². The van der Waals surface area contributed by atoms with Gasteiger partial charge in [0.15, 0.2) is 0 Å². The molecule has 0 unspecified atom stereocenters. The molecule has 0 spiro atoms. The molecule has 0 radical (unpaired) electrons. The number of nitrogens with one attached hydrogen (secondary N) is 1. The van der Waals surface area contributed by atoms with Gasteiger partial charge in [0, 0.05) is 6.04 Å². The maximum Gasteiger partial charge on any atom is 0.0322 e. The first-order valence-electron chi connectivity index (χ1n) is 6.23. The first kappa shape index (κ1) is 10.7. The Morgan fingerprint density at radius 2 is 2.07 bits per heavy atom. The van der Waals surface area contributed by atoms with E-state index in [2.05, 4.69) is 36.5 Å². The molecule has 1 nitrogen and oxygen atoms in total. The Bertz CT molecular complexity index is 298. The van der Waals surface area contributed by atoms with Crippen molar-refractivity contribution in [3.8, 4) is 0 Å². The number of rotatable bonds is 2. The molecular formula is C14H21N. The fraction of sp³-hybridized carbons (Fsp3) is 0.571. The van der Waals surface area contributed by atoms with Crippen LogP contribution in [0.15, 0.2) is 24.3 Å². The topological polar surface area (TPSA) is 12.0 Å². The number of aryl methyl sites for hydroxylation is 1. The molecule has 1 aromatic carbocycles. The Morgan fingerprint density at radius 1 is 1.20 bits per heavy atom. The lowest BCUT2D eigenvalue weighted by molar-refractivity contribution is 0.531. The van der Waals surface area contributed by atoms with Gasteiger partial charge in [-0.05, 0) is 36.9 Å². The summed E-state index contributed by atoms with van der Waals surface area (Å²) in [4.78, 5) is 0. The lowest BCUT2D eigenvalue weighted by Gasteiger charge is -2.19. The summed E-state index contributed by atoms with van der Waals surface area (Å²) in [6, 6.07) is 9.48. The van der Waals surface area contributed by atoms with E-state index in [0.717, 1.165) is 6.42 Å². The predicted molar refractivity (Wildman–Crippen MR) is 65.0 cm³/mol. The van der Waals surface area contributed by atoms with Crippen LogP contribution < -0.4 is 5.32 Å². The Balaban J connectivity index is 2.18. The summed E-state index contributed by atoms with van der Waals surface area (Å²) in [7, 11) is 0. The van der Waals surface area contributed by atoms with Gasteiger partial charge in [0.2, 0.25) is 0 Å². The summed E-state index contributed by atoms with van der Waals surface area (Å²) in [5, 5.41) is 3.67. The second-order valence-corrected chi connectivity index (χ2v) is 4.41. The van der Waals surface area contributed by atoms with Gasteiger partial charge in [-0.3, -0.25) is 0 Å². The Kier molecular flexibility index (Phi) is 3.79.